The van der Waals surface area contributed by atoms with Gasteiger partial charge in [-0.15, -0.1) is 0 Å². The second-order valence-corrected chi connectivity index (χ2v) is 4.29. The maximum absolute atomic E-state index is 5.62. The van der Waals surface area contributed by atoms with Crippen molar-refractivity contribution in [3.63, 3.8) is 0 Å². The van der Waals surface area contributed by atoms with Crippen LogP contribution in [0.3, 0.4) is 0 Å². The Balaban J connectivity index is 3.39. The zero-order chi connectivity index (χ0) is 10.3. The molecule has 0 rings (SSSR count). The van der Waals surface area contributed by atoms with Gasteiger partial charge in [-0.2, -0.15) is 0 Å². The van der Waals surface area contributed by atoms with E-state index in [1.165, 1.54) is 0 Å². The zero-order valence-corrected chi connectivity index (χ0v) is 9.34. The molecule has 0 radical (unpaired) electrons. The highest BCUT2D eigenvalue weighted by atomic mass is 16.6. The van der Waals surface area contributed by atoms with E-state index < -0.39 is 0 Å². The summed E-state index contributed by atoms with van der Waals surface area (Å²) in [6.07, 6.45) is 0. The van der Waals surface area contributed by atoms with Gasteiger partial charge in [0, 0.05) is 6.54 Å². The summed E-state index contributed by atoms with van der Waals surface area (Å²) in [6.45, 7) is 10.9. The van der Waals surface area contributed by atoms with Crippen molar-refractivity contribution in [2.45, 2.75) is 27.7 Å². The minimum Gasteiger partial charge on any atom is -0.330 e. The quantitative estimate of drug-likeness (QED) is 0.469. The molecular formula is C10H24N2O. The third-order valence-corrected chi connectivity index (χ3v) is 2.11. The van der Waals surface area contributed by atoms with E-state index in [4.69, 9.17) is 10.6 Å². The zero-order valence-electron chi connectivity index (χ0n) is 9.34. The van der Waals surface area contributed by atoms with Gasteiger partial charge in [0.25, 0.3) is 0 Å². The van der Waals surface area contributed by atoms with Crippen molar-refractivity contribution in [2.75, 3.05) is 19.7 Å². The molecule has 1 unspecified atom stereocenters. The summed E-state index contributed by atoms with van der Waals surface area (Å²) in [7, 11) is 0. The summed E-state index contributed by atoms with van der Waals surface area (Å²) >= 11 is 0. The maximum atomic E-state index is 5.62. The summed E-state index contributed by atoms with van der Waals surface area (Å²) in [6, 6.07) is 0. The van der Waals surface area contributed by atoms with Crippen LogP contribution in [0.2, 0.25) is 0 Å². The number of hydroxylamine groups is 1. The molecule has 0 aromatic rings. The van der Waals surface area contributed by atoms with E-state index in [1.54, 1.807) is 0 Å². The molecular weight excluding hydrogens is 164 g/mol. The summed E-state index contributed by atoms with van der Waals surface area (Å²) in [5, 5.41) is 0. The second-order valence-electron chi connectivity index (χ2n) is 4.29. The fourth-order valence-electron chi connectivity index (χ4n) is 0.983. The van der Waals surface area contributed by atoms with Gasteiger partial charge < -0.3 is 10.6 Å². The van der Waals surface area contributed by atoms with E-state index in [-0.39, 0.29) is 0 Å². The van der Waals surface area contributed by atoms with Crippen LogP contribution >= 0.6 is 0 Å². The first-order chi connectivity index (χ1) is 6.07. The lowest BCUT2D eigenvalue weighted by molar-refractivity contribution is 0.0131. The fraction of sp³-hybridized carbons (Fsp3) is 1.00. The highest BCUT2D eigenvalue weighted by Gasteiger charge is 2.10. The van der Waals surface area contributed by atoms with Crippen molar-refractivity contribution in [1.29, 1.82) is 0 Å². The van der Waals surface area contributed by atoms with E-state index in [9.17, 15) is 0 Å². The molecule has 0 saturated carbocycles. The van der Waals surface area contributed by atoms with E-state index >= 15 is 0 Å². The van der Waals surface area contributed by atoms with Crippen LogP contribution in [0.5, 0.6) is 0 Å². The van der Waals surface area contributed by atoms with E-state index in [1.807, 2.05) is 0 Å². The molecule has 0 fully saturated rings. The largest absolute Gasteiger partial charge is 0.330 e. The first-order valence-electron chi connectivity index (χ1n) is 5.12. The number of hydrogen-bond acceptors (Lipinski definition) is 3. The highest BCUT2D eigenvalue weighted by molar-refractivity contribution is 4.64. The van der Waals surface area contributed by atoms with Gasteiger partial charge in [-0.1, -0.05) is 27.7 Å². The van der Waals surface area contributed by atoms with Gasteiger partial charge in [-0.25, -0.2) is 5.48 Å². The monoisotopic (exact) mass is 188 g/mol. The van der Waals surface area contributed by atoms with E-state index in [2.05, 4.69) is 33.2 Å². The summed E-state index contributed by atoms with van der Waals surface area (Å²) < 4.78 is 0. The van der Waals surface area contributed by atoms with Gasteiger partial charge >= 0.3 is 0 Å². The minimum atomic E-state index is 0.507. The van der Waals surface area contributed by atoms with Gasteiger partial charge in [0.2, 0.25) is 0 Å². The van der Waals surface area contributed by atoms with Crippen LogP contribution in [-0.2, 0) is 4.84 Å². The standard InChI is InChI=1S/C10H24N2O/c1-8(2)7-13-12-6-10(5-11)9(3)4/h8-10,12H,5-7,11H2,1-4H3. The first-order valence-corrected chi connectivity index (χ1v) is 5.12. The van der Waals surface area contributed by atoms with Crippen molar-refractivity contribution in [1.82, 2.24) is 5.48 Å². The Bertz CT molecular complexity index is 115. The normalized spacial score (nSPS) is 14.1. The van der Waals surface area contributed by atoms with Gasteiger partial charge in [0.1, 0.15) is 0 Å². The number of hydrogen-bond donors (Lipinski definition) is 2. The molecule has 1 atom stereocenters. The number of nitrogens with two attached hydrogens (primary N) is 1. The molecule has 0 aromatic heterocycles. The van der Waals surface area contributed by atoms with Crippen LogP contribution < -0.4 is 11.2 Å². The predicted molar refractivity (Wildman–Crippen MR) is 56.2 cm³/mol. The Hall–Kier alpha value is -0.120. The lowest BCUT2D eigenvalue weighted by Crippen LogP contribution is -2.32. The Morgan fingerprint density at radius 2 is 1.85 bits per heavy atom. The molecule has 13 heavy (non-hydrogen) atoms. The summed E-state index contributed by atoms with van der Waals surface area (Å²) in [5.74, 6) is 1.69. The van der Waals surface area contributed by atoms with Crippen LogP contribution in [0.1, 0.15) is 27.7 Å². The van der Waals surface area contributed by atoms with Crippen LogP contribution in [0, 0.1) is 17.8 Å². The molecule has 0 aromatic carbocycles. The lowest BCUT2D eigenvalue weighted by Gasteiger charge is -2.19. The van der Waals surface area contributed by atoms with Crippen molar-refractivity contribution < 1.29 is 4.84 Å². The molecule has 0 aliphatic heterocycles. The smallest absolute Gasteiger partial charge is 0.0705 e. The Kier molecular flexibility index (Phi) is 7.23. The predicted octanol–water partition coefficient (Wildman–Crippen LogP) is 1.39. The van der Waals surface area contributed by atoms with Crippen molar-refractivity contribution >= 4 is 0 Å². The van der Waals surface area contributed by atoms with Gasteiger partial charge in [-0.3, -0.25) is 0 Å². The van der Waals surface area contributed by atoms with Crippen LogP contribution in [0.4, 0.5) is 0 Å². The van der Waals surface area contributed by atoms with Crippen molar-refractivity contribution in [3.8, 4) is 0 Å². The number of nitrogens with one attached hydrogen (secondary N) is 1. The Morgan fingerprint density at radius 3 is 2.23 bits per heavy atom. The summed E-state index contributed by atoms with van der Waals surface area (Å²) in [5.41, 5.74) is 8.59. The van der Waals surface area contributed by atoms with Crippen molar-refractivity contribution in [3.05, 3.63) is 0 Å². The maximum Gasteiger partial charge on any atom is 0.0705 e. The molecule has 3 N–H and O–H groups in total. The summed E-state index contributed by atoms with van der Waals surface area (Å²) in [4.78, 5) is 5.27. The van der Waals surface area contributed by atoms with Crippen LogP contribution in [-0.4, -0.2) is 19.7 Å². The Labute approximate surface area is 82.0 Å². The first kappa shape index (κ1) is 12.9. The molecule has 0 heterocycles. The molecule has 0 aliphatic carbocycles. The van der Waals surface area contributed by atoms with Crippen molar-refractivity contribution in [2.24, 2.45) is 23.5 Å². The third kappa shape index (κ3) is 6.99. The molecule has 0 saturated heterocycles. The van der Waals surface area contributed by atoms with Gasteiger partial charge in [0.15, 0.2) is 0 Å². The van der Waals surface area contributed by atoms with Gasteiger partial charge in [-0.05, 0) is 24.3 Å². The van der Waals surface area contributed by atoms with E-state index in [0.29, 0.717) is 17.8 Å². The molecule has 3 nitrogen and oxygen atoms in total. The average Bonchev–Trinajstić information content (AvgIpc) is 2.03. The molecule has 0 bridgehead atoms. The molecule has 3 heteroatoms. The topological polar surface area (TPSA) is 47.3 Å². The Morgan fingerprint density at radius 1 is 1.23 bits per heavy atom. The fourth-order valence-corrected chi connectivity index (χ4v) is 0.983. The van der Waals surface area contributed by atoms with Crippen LogP contribution in [0.15, 0.2) is 0 Å². The average molecular weight is 188 g/mol. The third-order valence-electron chi connectivity index (χ3n) is 2.11. The van der Waals surface area contributed by atoms with E-state index in [0.717, 1.165) is 19.7 Å². The second kappa shape index (κ2) is 7.30. The lowest BCUT2D eigenvalue weighted by atomic mass is 9.96. The molecule has 0 amide bonds. The SMILES string of the molecule is CC(C)CONCC(CN)C(C)C. The van der Waals surface area contributed by atoms with Gasteiger partial charge in [0.05, 0.1) is 6.61 Å². The number of rotatable bonds is 7. The van der Waals surface area contributed by atoms with Crippen LogP contribution in [0.25, 0.3) is 0 Å². The molecule has 80 valence electrons. The molecule has 0 aliphatic rings. The molecule has 0 spiro atoms. The highest BCUT2D eigenvalue weighted by Crippen LogP contribution is 2.07. The minimum absolute atomic E-state index is 0.507.